The summed E-state index contributed by atoms with van der Waals surface area (Å²) in [5, 5.41) is -0.0447. The molecule has 0 saturated carbocycles. The van der Waals surface area contributed by atoms with E-state index >= 15 is 0 Å². The molecule has 2 heterocycles. The summed E-state index contributed by atoms with van der Waals surface area (Å²) in [6.45, 7) is 2.12. The van der Waals surface area contributed by atoms with E-state index in [-0.39, 0.29) is 16.6 Å². The third-order valence-electron chi connectivity index (χ3n) is 2.81. The summed E-state index contributed by atoms with van der Waals surface area (Å²) in [5.41, 5.74) is 1.71. The molecule has 5 nitrogen and oxygen atoms in total. The lowest BCUT2D eigenvalue weighted by atomic mass is 10.1. The monoisotopic (exact) mass is 311 g/mol. The highest BCUT2D eigenvalue weighted by Crippen LogP contribution is 2.18. The number of hydrogen-bond acceptors (Lipinski definition) is 4. The molecule has 0 atom stereocenters. The van der Waals surface area contributed by atoms with Gasteiger partial charge in [-0.3, -0.25) is 4.98 Å². The van der Waals surface area contributed by atoms with Crippen LogP contribution in [-0.4, -0.2) is 18.4 Å². The van der Waals surface area contributed by atoms with Gasteiger partial charge in [-0.15, -0.1) is 0 Å². The SMILES string of the molecule is CCc1cccnc1CNS(=O)(=O)c1cccnc1Cl. The summed E-state index contributed by atoms with van der Waals surface area (Å²) < 4.78 is 26.8. The Labute approximate surface area is 123 Å². The van der Waals surface area contributed by atoms with Crippen LogP contribution < -0.4 is 4.72 Å². The molecule has 0 saturated heterocycles. The van der Waals surface area contributed by atoms with E-state index in [0.29, 0.717) is 5.69 Å². The van der Waals surface area contributed by atoms with Crippen molar-refractivity contribution in [2.24, 2.45) is 0 Å². The topological polar surface area (TPSA) is 72.0 Å². The van der Waals surface area contributed by atoms with Crippen molar-refractivity contribution >= 4 is 21.6 Å². The molecule has 20 heavy (non-hydrogen) atoms. The molecule has 2 rings (SSSR count). The Balaban J connectivity index is 2.20. The number of nitrogens with one attached hydrogen (secondary N) is 1. The molecule has 2 aromatic heterocycles. The summed E-state index contributed by atoms with van der Waals surface area (Å²) in [5.74, 6) is 0. The van der Waals surface area contributed by atoms with Gasteiger partial charge in [0, 0.05) is 12.4 Å². The van der Waals surface area contributed by atoms with Crippen molar-refractivity contribution in [3.63, 3.8) is 0 Å². The van der Waals surface area contributed by atoms with E-state index in [1.165, 1.54) is 18.3 Å². The van der Waals surface area contributed by atoms with E-state index in [9.17, 15) is 8.42 Å². The van der Waals surface area contributed by atoms with Crippen LogP contribution in [0.1, 0.15) is 18.2 Å². The fraction of sp³-hybridized carbons (Fsp3) is 0.231. The molecule has 1 N–H and O–H groups in total. The second kappa shape index (κ2) is 6.30. The fourth-order valence-corrected chi connectivity index (χ4v) is 3.20. The van der Waals surface area contributed by atoms with E-state index in [4.69, 9.17) is 11.6 Å². The van der Waals surface area contributed by atoms with E-state index in [2.05, 4.69) is 14.7 Å². The second-order valence-electron chi connectivity index (χ2n) is 4.08. The first-order chi connectivity index (χ1) is 9.54. The maximum absolute atomic E-state index is 12.2. The Morgan fingerprint density at radius 1 is 1.20 bits per heavy atom. The van der Waals surface area contributed by atoms with E-state index in [1.54, 1.807) is 6.20 Å². The van der Waals surface area contributed by atoms with Gasteiger partial charge >= 0.3 is 0 Å². The first kappa shape index (κ1) is 14.9. The third-order valence-corrected chi connectivity index (χ3v) is 4.66. The van der Waals surface area contributed by atoms with Crippen molar-refractivity contribution in [1.82, 2.24) is 14.7 Å². The first-order valence-electron chi connectivity index (χ1n) is 6.07. The van der Waals surface area contributed by atoms with Gasteiger partial charge in [0.2, 0.25) is 10.0 Å². The molecule has 0 aliphatic carbocycles. The number of nitrogens with zero attached hydrogens (tertiary/aromatic N) is 2. The van der Waals surface area contributed by atoms with E-state index in [1.807, 2.05) is 19.1 Å². The molecule has 0 aromatic carbocycles. The van der Waals surface area contributed by atoms with Crippen molar-refractivity contribution in [1.29, 1.82) is 0 Å². The summed E-state index contributed by atoms with van der Waals surface area (Å²) in [4.78, 5) is 7.93. The normalized spacial score (nSPS) is 11.5. The first-order valence-corrected chi connectivity index (χ1v) is 7.93. The van der Waals surface area contributed by atoms with Crippen molar-refractivity contribution in [3.05, 3.63) is 53.1 Å². The Bertz CT molecular complexity index is 704. The highest BCUT2D eigenvalue weighted by molar-refractivity contribution is 7.89. The zero-order chi connectivity index (χ0) is 14.6. The number of sulfonamides is 1. The van der Waals surface area contributed by atoms with Gasteiger partial charge in [0.1, 0.15) is 10.0 Å². The molecule has 0 unspecified atom stereocenters. The van der Waals surface area contributed by atoms with Crippen molar-refractivity contribution in [2.45, 2.75) is 24.8 Å². The van der Waals surface area contributed by atoms with Gasteiger partial charge in [0.25, 0.3) is 0 Å². The number of rotatable bonds is 5. The van der Waals surface area contributed by atoms with Crippen LogP contribution in [0.5, 0.6) is 0 Å². The average Bonchev–Trinajstić information content (AvgIpc) is 2.46. The standard InChI is InChI=1S/C13H14ClN3O2S/c1-2-10-5-3-7-15-11(10)9-17-20(18,19)12-6-4-8-16-13(12)14/h3-8,17H,2,9H2,1H3. The summed E-state index contributed by atoms with van der Waals surface area (Å²) in [7, 11) is -3.70. The highest BCUT2D eigenvalue weighted by atomic mass is 35.5. The third kappa shape index (κ3) is 3.33. The summed E-state index contributed by atoms with van der Waals surface area (Å²) >= 11 is 5.80. The van der Waals surface area contributed by atoms with Crippen LogP contribution in [0.25, 0.3) is 0 Å². The van der Waals surface area contributed by atoms with Crippen LogP contribution in [-0.2, 0) is 23.0 Å². The zero-order valence-corrected chi connectivity index (χ0v) is 12.4. The molecule has 0 aliphatic heterocycles. The van der Waals surface area contributed by atoms with Crippen LogP contribution in [0.4, 0.5) is 0 Å². The molecule has 0 bridgehead atoms. The van der Waals surface area contributed by atoms with Crippen LogP contribution in [0.2, 0.25) is 5.15 Å². The molecule has 7 heteroatoms. The number of pyridine rings is 2. The Hall–Kier alpha value is -1.50. The molecular formula is C13H14ClN3O2S. The molecule has 0 amide bonds. The van der Waals surface area contributed by atoms with Crippen LogP contribution in [0.3, 0.4) is 0 Å². The van der Waals surface area contributed by atoms with Gasteiger partial charge in [-0.05, 0) is 30.2 Å². The van der Waals surface area contributed by atoms with Gasteiger partial charge in [-0.1, -0.05) is 24.6 Å². The molecule has 0 spiro atoms. The van der Waals surface area contributed by atoms with Crippen molar-refractivity contribution < 1.29 is 8.42 Å². The fourth-order valence-electron chi connectivity index (χ4n) is 1.77. The van der Waals surface area contributed by atoms with Gasteiger partial charge in [0.15, 0.2) is 0 Å². The number of aromatic nitrogens is 2. The maximum atomic E-state index is 12.2. The lowest BCUT2D eigenvalue weighted by Crippen LogP contribution is -2.24. The maximum Gasteiger partial charge on any atom is 0.243 e. The number of hydrogen-bond donors (Lipinski definition) is 1. The van der Waals surface area contributed by atoms with Crippen LogP contribution in [0, 0.1) is 0 Å². The minimum Gasteiger partial charge on any atom is -0.260 e. The second-order valence-corrected chi connectivity index (χ2v) is 6.17. The predicted octanol–water partition coefficient (Wildman–Crippen LogP) is 2.17. The van der Waals surface area contributed by atoms with E-state index < -0.39 is 10.0 Å². The van der Waals surface area contributed by atoms with Crippen LogP contribution in [0.15, 0.2) is 41.6 Å². The van der Waals surface area contributed by atoms with Gasteiger partial charge in [-0.2, -0.15) is 0 Å². The molecule has 2 aromatic rings. The highest BCUT2D eigenvalue weighted by Gasteiger charge is 2.18. The molecule has 106 valence electrons. The van der Waals surface area contributed by atoms with Gasteiger partial charge in [-0.25, -0.2) is 18.1 Å². The van der Waals surface area contributed by atoms with E-state index in [0.717, 1.165) is 12.0 Å². The quantitative estimate of drug-likeness (QED) is 0.859. The van der Waals surface area contributed by atoms with Crippen molar-refractivity contribution in [2.75, 3.05) is 0 Å². The Morgan fingerprint density at radius 2 is 1.90 bits per heavy atom. The number of aryl methyl sites for hydroxylation is 1. The Morgan fingerprint density at radius 3 is 2.60 bits per heavy atom. The molecule has 0 fully saturated rings. The van der Waals surface area contributed by atoms with Crippen LogP contribution >= 0.6 is 11.6 Å². The minimum atomic E-state index is -3.70. The summed E-state index contributed by atoms with van der Waals surface area (Å²) in [6, 6.07) is 6.69. The molecule has 0 aliphatic rings. The largest absolute Gasteiger partial charge is 0.260 e. The minimum absolute atomic E-state index is 0.0318. The lowest BCUT2D eigenvalue weighted by molar-refractivity contribution is 0.579. The summed E-state index contributed by atoms with van der Waals surface area (Å²) in [6.07, 6.45) is 3.87. The molecule has 0 radical (unpaired) electrons. The van der Waals surface area contributed by atoms with Gasteiger partial charge in [0.05, 0.1) is 12.2 Å². The lowest BCUT2D eigenvalue weighted by Gasteiger charge is -2.09. The predicted molar refractivity (Wildman–Crippen MR) is 76.9 cm³/mol. The van der Waals surface area contributed by atoms with Crippen molar-refractivity contribution in [3.8, 4) is 0 Å². The average molecular weight is 312 g/mol. The smallest absolute Gasteiger partial charge is 0.243 e. The zero-order valence-electron chi connectivity index (χ0n) is 10.9. The molecular weight excluding hydrogens is 298 g/mol. The number of halogens is 1. The van der Waals surface area contributed by atoms with Gasteiger partial charge < -0.3 is 0 Å². The Kier molecular flexibility index (Phi) is 4.69.